The van der Waals surface area contributed by atoms with Gasteiger partial charge in [-0.05, 0) is 19.4 Å². The molecule has 1 aromatic heterocycles. The maximum Gasteiger partial charge on any atom is 0.272 e. The number of aryl methyl sites for hydroxylation is 2. The molecule has 3 rings (SSSR count). The van der Waals surface area contributed by atoms with Crippen LogP contribution in [0.5, 0.6) is 0 Å². The van der Waals surface area contributed by atoms with Gasteiger partial charge < -0.3 is 9.88 Å². The SMILES string of the molecule is Cc1nnc(SCCCNC(=O)c2nnc3ccn(C)cc2-3)s1. The lowest BCUT2D eigenvalue weighted by Gasteiger charge is -2.05. The first-order chi connectivity index (χ1) is 11.1. The summed E-state index contributed by atoms with van der Waals surface area (Å²) >= 11 is 3.24. The van der Waals surface area contributed by atoms with Crippen LogP contribution in [0.25, 0.3) is 11.3 Å². The standard InChI is InChI=1S/C14H16N6OS2/c1-9-16-19-14(23-9)22-7-3-5-15-13(21)12-10-8-20(2)6-4-11(10)17-18-12/h4,6,8H,3,5,7H2,1-2H3,(H,15,21). The molecule has 23 heavy (non-hydrogen) atoms. The van der Waals surface area contributed by atoms with Crippen LogP contribution in [0.2, 0.25) is 0 Å². The number of thioether (sulfide) groups is 1. The van der Waals surface area contributed by atoms with Gasteiger partial charge in [0, 0.05) is 31.7 Å². The zero-order valence-electron chi connectivity index (χ0n) is 12.8. The number of hydrogen-bond acceptors (Lipinski definition) is 7. The highest BCUT2D eigenvalue weighted by Gasteiger charge is 2.19. The number of carbonyl (C=O) groups excluding carboxylic acids is 1. The second-order valence-electron chi connectivity index (χ2n) is 5.00. The minimum absolute atomic E-state index is 0.185. The van der Waals surface area contributed by atoms with E-state index in [0.717, 1.165) is 32.8 Å². The number of aromatic nitrogens is 5. The molecule has 0 fully saturated rings. The Balaban J connectivity index is 1.48. The third-order valence-corrected chi connectivity index (χ3v) is 5.20. The number of fused-ring (bicyclic) bond motifs is 1. The summed E-state index contributed by atoms with van der Waals surface area (Å²) in [5.41, 5.74) is 1.88. The van der Waals surface area contributed by atoms with Crippen molar-refractivity contribution >= 4 is 29.0 Å². The largest absolute Gasteiger partial charge is 0.356 e. The van der Waals surface area contributed by atoms with E-state index in [9.17, 15) is 4.79 Å². The van der Waals surface area contributed by atoms with E-state index in [0.29, 0.717) is 12.2 Å². The summed E-state index contributed by atoms with van der Waals surface area (Å²) in [6.07, 6.45) is 4.60. The van der Waals surface area contributed by atoms with Gasteiger partial charge in [-0.1, -0.05) is 23.1 Å². The Morgan fingerprint density at radius 2 is 2.22 bits per heavy atom. The Labute approximate surface area is 141 Å². The molecule has 120 valence electrons. The third-order valence-electron chi connectivity index (χ3n) is 3.14. The lowest BCUT2D eigenvalue weighted by Crippen LogP contribution is -2.25. The van der Waals surface area contributed by atoms with Gasteiger partial charge >= 0.3 is 0 Å². The monoisotopic (exact) mass is 348 g/mol. The Morgan fingerprint density at radius 1 is 1.35 bits per heavy atom. The molecule has 9 heteroatoms. The molecule has 1 aromatic rings. The number of nitrogens with one attached hydrogen (secondary N) is 1. The second kappa shape index (κ2) is 7.05. The molecule has 0 saturated carbocycles. The van der Waals surface area contributed by atoms with Gasteiger partial charge in [0.15, 0.2) is 10.0 Å². The fourth-order valence-corrected chi connectivity index (χ4v) is 3.87. The molecule has 0 aliphatic carbocycles. The molecule has 2 aliphatic rings. The topological polar surface area (TPSA) is 85.6 Å². The van der Waals surface area contributed by atoms with Crippen LogP contribution in [0.15, 0.2) is 22.8 Å². The van der Waals surface area contributed by atoms with Crippen molar-refractivity contribution in [1.29, 1.82) is 0 Å². The minimum atomic E-state index is -0.185. The average Bonchev–Trinajstić information content (AvgIpc) is 3.12. The molecule has 0 aromatic carbocycles. The van der Waals surface area contributed by atoms with Crippen molar-refractivity contribution in [2.75, 3.05) is 12.3 Å². The highest BCUT2D eigenvalue weighted by Crippen LogP contribution is 2.23. The van der Waals surface area contributed by atoms with Crippen molar-refractivity contribution in [1.82, 2.24) is 30.3 Å². The highest BCUT2D eigenvalue weighted by molar-refractivity contribution is 8.01. The van der Waals surface area contributed by atoms with Crippen LogP contribution >= 0.6 is 23.1 Å². The van der Waals surface area contributed by atoms with Crippen molar-refractivity contribution in [3.05, 3.63) is 29.2 Å². The van der Waals surface area contributed by atoms with Crippen LogP contribution in [0.1, 0.15) is 21.9 Å². The predicted molar refractivity (Wildman–Crippen MR) is 89.9 cm³/mol. The van der Waals surface area contributed by atoms with E-state index >= 15 is 0 Å². The number of rotatable bonds is 6. The molecule has 3 heterocycles. The second-order valence-corrected chi connectivity index (χ2v) is 7.53. The molecular weight excluding hydrogens is 332 g/mol. The summed E-state index contributed by atoms with van der Waals surface area (Å²) in [5.74, 6) is 0.701. The molecule has 0 radical (unpaired) electrons. The number of hydrogen-bond donors (Lipinski definition) is 1. The minimum Gasteiger partial charge on any atom is -0.356 e. The molecule has 0 unspecified atom stereocenters. The summed E-state index contributed by atoms with van der Waals surface area (Å²) in [6, 6.07) is 1.85. The third kappa shape index (κ3) is 3.85. The predicted octanol–water partition coefficient (Wildman–Crippen LogP) is 1.99. The smallest absolute Gasteiger partial charge is 0.272 e. The van der Waals surface area contributed by atoms with Gasteiger partial charge in [-0.15, -0.1) is 20.4 Å². The Morgan fingerprint density at radius 3 is 3.00 bits per heavy atom. The van der Waals surface area contributed by atoms with E-state index in [1.165, 1.54) is 0 Å². The van der Waals surface area contributed by atoms with Gasteiger partial charge in [0.2, 0.25) is 0 Å². The molecule has 2 aliphatic heterocycles. The van der Waals surface area contributed by atoms with Gasteiger partial charge in [-0.2, -0.15) is 0 Å². The first-order valence-corrected chi connectivity index (χ1v) is 8.93. The van der Waals surface area contributed by atoms with Crippen molar-refractivity contribution in [3.63, 3.8) is 0 Å². The van der Waals surface area contributed by atoms with Gasteiger partial charge in [0.1, 0.15) is 5.01 Å². The molecule has 0 saturated heterocycles. The summed E-state index contributed by atoms with van der Waals surface area (Å²) in [4.78, 5) is 12.2. The van der Waals surface area contributed by atoms with E-state index in [1.54, 1.807) is 23.1 Å². The van der Waals surface area contributed by atoms with Gasteiger partial charge in [0.05, 0.1) is 11.3 Å². The van der Waals surface area contributed by atoms with Crippen molar-refractivity contribution in [2.24, 2.45) is 7.05 Å². The van der Waals surface area contributed by atoms with Crippen molar-refractivity contribution in [3.8, 4) is 11.3 Å². The van der Waals surface area contributed by atoms with Crippen LogP contribution in [-0.4, -0.2) is 43.2 Å². The van der Waals surface area contributed by atoms with E-state index in [4.69, 9.17) is 0 Å². The van der Waals surface area contributed by atoms with Crippen LogP contribution in [0.4, 0.5) is 0 Å². The van der Waals surface area contributed by atoms with E-state index in [1.807, 2.05) is 37.0 Å². The summed E-state index contributed by atoms with van der Waals surface area (Å²) in [6.45, 7) is 2.53. The van der Waals surface area contributed by atoms with Crippen LogP contribution in [0, 0.1) is 6.92 Å². The fourth-order valence-electron chi connectivity index (χ4n) is 2.04. The summed E-state index contributed by atoms with van der Waals surface area (Å²) in [5, 5.41) is 19.9. The molecular formula is C14H16N6OS2. The molecule has 7 nitrogen and oxygen atoms in total. The van der Waals surface area contributed by atoms with E-state index < -0.39 is 0 Å². The van der Waals surface area contributed by atoms with Crippen LogP contribution in [0.3, 0.4) is 0 Å². The number of pyridine rings is 1. The lowest BCUT2D eigenvalue weighted by atomic mass is 10.1. The summed E-state index contributed by atoms with van der Waals surface area (Å²) < 4.78 is 2.85. The molecule has 1 amide bonds. The summed E-state index contributed by atoms with van der Waals surface area (Å²) in [7, 11) is 1.90. The van der Waals surface area contributed by atoms with E-state index in [2.05, 4.69) is 25.7 Å². The fraction of sp³-hybridized carbons (Fsp3) is 0.357. The molecule has 1 N–H and O–H groups in total. The Hall–Kier alpha value is -2.00. The number of amides is 1. The maximum absolute atomic E-state index is 12.2. The van der Waals surface area contributed by atoms with Gasteiger partial charge in [-0.3, -0.25) is 4.79 Å². The first-order valence-electron chi connectivity index (χ1n) is 7.13. The molecule has 0 atom stereocenters. The van der Waals surface area contributed by atoms with Crippen LogP contribution in [-0.2, 0) is 7.05 Å². The van der Waals surface area contributed by atoms with Crippen molar-refractivity contribution in [2.45, 2.75) is 17.7 Å². The molecule has 0 spiro atoms. The van der Waals surface area contributed by atoms with Crippen molar-refractivity contribution < 1.29 is 4.79 Å². The number of carbonyl (C=O) groups is 1. The first kappa shape index (κ1) is 15.9. The Kier molecular flexibility index (Phi) is 4.87. The molecule has 0 bridgehead atoms. The van der Waals surface area contributed by atoms with Gasteiger partial charge in [0.25, 0.3) is 5.91 Å². The number of nitrogens with zero attached hydrogens (tertiary/aromatic N) is 5. The Bertz CT molecular complexity index is 783. The maximum atomic E-state index is 12.2. The van der Waals surface area contributed by atoms with E-state index in [-0.39, 0.29) is 5.91 Å². The quantitative estimate of drug-likeness (QED) is 0.542. The zero-order valence-corrected chi connectivity index (χ0v) is 14.4. The normalized spacial score (nSPS) is 11.0. The lowest BCUT2D eigenvalue weighted by molar-refractivity contribution is 0.0949. The van der Waals surface area contributed by atoms with Crippen LogP contribution < -0.4 is 5.32 Å². The van der Waals surface area contributed by atoms with Gasteiger partial charge in [-0.25, -0.2) is 0 Å². The zero-order chi connectivity index (χ0) is 16.2. The average molecular weight is 348 g/mol. The highest BCUT2D eigenvalue weighted by atomic mass is 32.2.